The maximum absolute atomic E-state index is 14.5. The van der Waals surface area contributed by atoms with Crippen molar-refractivity contribution in [3.8, 4) is 0 Å². The number of nitrogens with two attached hydrogens (primary N) is 1. The van der Waals surface area contributed by atoms with E-state index in [0.717, 1.165) is 0 Å². The molecule has 3 aromatic rings. The zero-order valence-electron chi connectivity index (χ0n) is 16.2. The molecule has 12 heteroatoms. The van der Waals surface area contributed by atoms with Crippen molar-refractivity contribution >= 4 is 56.7 Å². The number of fused-ring (bicyclic) bond motifs is 1. The molecule has 0 saturated carbocycles. The number of aliphatic hydroxyl groups is 2. The molecule has 2 aromatic heterocycles. The molecule has 31 heavy (non-hydrogen) atoms. The normalized spacial score (nSPS) is 12.0. The number of anilines is 2. The van der Waals surface area contributed by atoms with E-state index in [1.807, 2.05) is 22.6 Å². The van der Waals surface area contributed by atoms with E-state index in [1.54, 1.807) is 6.07 Å². The van der Waals surface area contributed by atoms with Crippen LogP contribution in [0.2, 0.25) is 0 Å². The Morgan fingerprint density at radius 3 is 2.77 bits per heavy atom. The predicted molar refractivity (Wildman–Crippen MR) is 118 cm³/mol. The standard InChI is InChI=1S/C19H19FIN5O5/c1-26-16-11(5-23-6-12(16)18(22)29)15(24-14-3-2-9(21)4-13(14)20)17(26)19(30)25-31-8-10(28)7-27/h2-6,10,24,27-28H,7-8H2,1H3,(H2,22,29)(H,25,30)/t10-/m1/s1. The number of aliphatic hydroxyl groups excluding tert-OH is 2. The smallest absolute Gasteiger partial charge is 0.293 e. The quantitative estimate of drug-likeness (QED) is 0.211. The molecule has 3 rings (SSSR count). The number of aryl methyl sites for hydroxylation is 1. The Kier molecular flexibility index (Phi) is 7.04. The van der Waals surface area contributed by atoms with Crippen molar-refractivity contribution in [1.82, 2.24) is 15.0 Å². The van der Waals surface area contributed by atoms with Gasteiger partial charge in [-0.25, -0.2) is 9.87 Å². The van der Waals surface area contributed by atoms with Gasteiger partial charge in [0.05, 0.1) is 29.1 Å². The Hall–Kier alpha value is -2.81. The van der Waals surface area contributed by atoms with Crippen LogP contribution in [-0.4, -0.2) is 50.9 Å². The summed E-state index contributed by atoms with van der Waals surface area (Å²) < 4.78 is 16.6. The van der Waals surface area contributed by atoms with Crippen LogP contribution in [0.25, 0.3) is 10.9 Å². The van der Waals surface area contributed by atoms with Gasteiger partial charge >= 0.3 is 0 Å². The lowest BCUT2D eigenvalue weighted by molar-refractivity contribution is -0.0297. The highest BCUT2D eigenvalue weighted by Gasteiger charge is 2.25. The third-order valence-electron chi connectivity index (χ3n) is 4.42. The number of benzene rings is 1. The highest BCUT2D eigenvalue weighted by atomic mass is 127. The Balaban J connectivity index is 2.11. The molecule has 0 unspecified atom stereocenters. The molecule has 6 N–H and O–H groups in total. The summed E-state index contributed by atoms with van der Waals surface area (Å²) in [5, 5.41) is 21.5. The molecule has 0 fully saturated rings. The summed E-state index contributed by atoms with van der Waals surface area (Å²) in [6, 6.07) is 4.51. The lowest BCUT2D eigenvalue weighted by Crippen LogP contribution is -2.31. The van der Waals surface area contributed by atoms with Gasteiger partial charge in [-0.1, -0.05) is 0 Å². The van der Waals surface area contributed by atoms with Gasteiger partial charge in [0, 0.05) is 28.4 Å². The van der Waals surface area contributed by atoms with Crippen LogP contribution in [0.15, 0.2) is 30.6 Å². The third-order valence-corrected chi connectivity index (χ3v) is 5.09. The van der Waals surface area contributed by atoms with E-state index in [-0.39, 0.29) is 29.2 Å². The van der Waals surface area contributed by atoms with E-state index in [4.69, 9.17) is 15.7 Å². The minimum Gasteiger partial charge on any atom is -0.394 e. The van der Waals surface area contributed by atoms with Crippen molar-refractivity contribution in [2.24, 2.45) is 12.8 Å². The number of pyridine rings is 1. The number of amides is 2. The molecule has 0 aliphatic heterocycles. The molecule has 0 bridgehead atoms. The molecule has 2 heterocycles. The van der Waals surface area contributed by atoms with E-state index in [1.165, 1.54) is 36.1 Å². The maximum atomic E-state index is 14.5. The highest BCUT2D eigenvalue weighted by molar-refractivity contribution is 14.1. The second-order valence-corrected chi connectivity index (χ2v) is 7.80. The summed E-state index contributed by atoms with van der Waals surface area (Å²) in [5.41, 5.74) is 8.29. The SMILES string of the molecule is Cn1c(C(=O)NOC[C@H](O)CO)c(Nc2ccc(I)cc2F)c2cncc(C(N)=O)c21. The van der Waals surface area contributed by atoms with Crippen LogP contribution in [-0.2, 0) is 11.9 Å². The molecule has 0 spiro atoms. The number of rotatable bonds is 8. The molecular formula is C19H19FIN5O5. The Morgan fingerprint density at radius 2 is 2.13 bits per heavy atom. The molecule has 0 radical (unpaired) electrons. The summed E-state index contributed by atoms with van der Waals surface area (Å²) in [5.74, 6) is -2.04. The zero-order chi connectivity index (χ0) is 22.7. The molecular weight excluding hydrogens is 524 g/mol. The van der Waals surface area contributed by atoms with Gasteiger partial charge in [-0.05, 0) is 40.8 Å². The van der Waals surface area contributed by atoms with Crippen molar-refractivity contribution < 1.29 is 29.0 Å². The Bertz CT molecular complexity index is 1150. The zero-order valence-corrected chi connectivity index (χ0v) is 18.4. The molecule has 0 aliphatic rings. The van der Waals surface area contributed by atoms with Gasteiger partial charge in [-0.15, -0.1) is 0 Å². The van der Waals surface area contributed by atoms with Gasteiger partial charge in [0.2, 0.25) is 0 Å². The number of hydroxylamine groups is 1. The minimum absolute atomic E-state index is 0.00179. The molecule has 164 valence electrons. The lowest BCUT2D eigenvalue weighted by atomic mass is 10.2. The summed E-state index contributed by atoms with van der Waals surface area (Å²) in [4.78, 5) is 33.7. The molecule has 1 aromatic carbocycles. The van der Waals surface area contributed by atoms with Crippen LogP contribution in [0, 0.1) is 9.39 Å². The number of nitrogens with zero attached hydrogens (tertiary/aromatic N) is 2. The Labute approximate surface area is 189 Å². The second-order valence-electron chi connectivity index (χ2n) is 6.56. The van der Waals surface area contributed by atoms with Gasteiger partial charge in [-0.2, -0.15) is 0 Å². The number of aromatic nitrogens is 2. The first kappa shape index (κ1) is 22.9. The summed E-state index contributed by atoms with van der Waals surface area (Å²) >= 11 is 1.97. The monoisotopic (exact) mass is 543 g/mol. The van der Waals surface area contributed by atoms with Crippen LogP contribution >= 0.6 is 22.6 Å². The predicted octanol–water partition coefficient (Wildman–Crippen LogP) is 1.17. The fourth-order valence-electron chi connectivity index (χ4n) is 3.01. The largest absolute Gasteiger partial charge is 0.394 e. The van der Waals surface area contributed by atoms with Crippen molar-refractivity contribution in [3.05, 3.63) is 51.2 Å². The van der Waals surface area contributed by atoms with Gasteiger partial charge < -0.3 is 25.8 Å². The topological polar surface area (TPSA) is 152 Å². The van der Waals surface area contributed by atoms with E-state index in [2.05, 4.69) is 15.8 Å². The van der Waals surface area contributed by atoms with Crippen molar-refractivity contribution in [1.29, 1.82) is 0 Å². The van der Waals surface area contributed by atoms with E-state index < -0.39 is 30.3 Å². The van der Waals surface area contributed by atoms with Crippen molar-refractivity contribution in [2.45, 2.75) is 6.10 Å². The molecule has 10 nitrogen and oxygen atoms in total. The fraction of sp³-hybridized carbons (Fsp3) is 0.211. The van der Waals surface area contributed by atoms with Gasteiger partial charge in [0.25, 0.3) is 11.8 Å². The minimum atomic E-state index is -1.18. The number of halogens is 2. The van der Waals surface area contributed by atoms with Crippen LogP contribution in [0.4, 0.5) is 15.8 Å². The highest BCUT2D eigenvalue weighted by Crippen LogP contribution is 2.35. The number of carbonyl (C=O) groups excluding carboxylic acids is 2. The number of primary amides is 1. The molecule has 0 aliphatic carbocycles. The van der Waals surface area contributed by atoms with Crippen molar-refractivity contribution in [3.63, 3.8) is 0 Å². The number of hydrogen-bond donors (Lipinski definition) is 5. The van der Waals surface area contributed by atoms with Gasteiger partial charge in [0.1, 0.15) is 24.2 Å². The van der Waals surface area contributed by atoms with Crippen LogP contribution in [0.3, 0.4) is 0 Å². The average Bonchev–Trinajstić information content (AvgIpc) is 3.01. The lowest BCUT2D eigenvalue weighted by Gasteiger charge is -2.12. The summed E-state index contributed by atoms with van der Waals surface area (Å²) in [6.07, 6.45) is 1.51. The third kappa shape index (κ3) is 4.76. The first-order valence-electron chi connectivity index (χ1n) is 8.93. The van der Waals surface area contributed by atoms with Crippen molar-refractivity contribution in [2.75, 3.05) is 18.5 Å². The number of carbonyl (C=O) groups is 2. The van der Waals surface area contributed by atoms with Crippen LogP contribution in [0.1, 0.15) is 20.8 Å². The van der Waals surface area contributed by atoms with E-state index in [0.29, 0.717) is 14.5 Å². The van der Waals surface area contributed by atoms with E-state index in [9.17, 15) is 19.1 Å². The van der Waals surface area contributed by atoms with E-state index >= 15 is 0 Å². The van der Waals surface area contributed by atoms with Gasteiger partial charge in [-0.3, -0.25) is 19.4 Å². The molecule has 2 amide bonds. The number of hydrogen-bond acceptors (Lipinski definition) is 7. The second kappa shape index (κ2) is 9.55. The maximum Gasteiger partial charge on any atom is 0.293 e. The first-order valence-corrected chi connectivity index (χ1v) is 10.0. The average molecular weight is 543 g/mol. The fourth-order valence-corrected chi connectivity index (χ4v) is 3.46. The summed E-state index contributed by atoms with van der Waals surface area (Å²) in [6.45, 7) is -0.898. The molecule has 1 atom stereocenters. The Morgan fingerprint density at radius 1 is 1.39 bits per heavy atom. The number of nitrogens with one attached hydrogen (secondary N) is 2. The van der Waals surface area contributed by atoms with Gasteiger partial charge in [0.15, 0.2) is 0 Å². The molecule has 0 saturated heterocycles. The van der Waals surface area contributed by atoms with Crippen LogP contribution in [0.5, 0.6) is 0 Å². The first-order chi connectivity index (χ1) is 14.7. The van der Waals surface area contributed by atoms with Crippen LogP contribution < -0.4 is 16.5 Å². The summed E-state index contributed by atoms with van der Waals surface area (Å²) in [7, 11) is 1.53.